The third kappa shape index (κ3) is 5.28. The van der Waals surface area contributed by atoms with Gasteiger partial charge >= 0.3 is 12.2 Å². The Morgan fingerprint density at radius 2 is 1.47 bits per heavy atom. The zero-order chi connectivity index (χ0) is 22.4. The van der Waals surface area contributed by atoms with Crippen LogP contribution in [-0.4, -0.2) is 42.0 Å². The van der Waals surface area contributed by atoms with Crippen molar-refractivity contribution in [2.24, 2.45) is 5.41 Å². The molecule has 1 saturated carbocycles. The minimum atomic E-state index is -0.516. The van der Waals surface area contributed by atoms with Crippen LogP contribution in [0.25, 0.3) is 0 Å². The van der Waals surface area contributed by atoms with Gasteiger partial charge in [0.1, 0.15) is 19.0 Å². The van der Waals surface area contributed by atoms with Gasteiger partial charge in [-0.25, -0.2) is 9.59 Å². The van der Waals surface area contributed by atoms with Crippen molar-refractivity contribution in [2.75, 3.05) is 13.1 Å². The summed E-state index contributed by atoms with van der Waals surface area (Å²) >= 11 is 0. The molecular formula is C25H28N2O5. The van der Waals surface area contributed by atoms with Crippen LogP contribution < -0.4 is 5.32 Å². The zero-order valence-corrected chi connectivity index (χ0v) is 18.0. The molecule has 1 saturated heterocycles. The van der Waals surface area contributed by atoms with Crippen LogP contribution in [0.2, 0.25) is 0 Å². The smallest absolute Gasteiger partial charge is 0.410 e. The van der Waals surface area contributed by atoms with Gasteiger partial charge < -0.3 is 19.7 Å². The van der Waals surface area contributed by atoms with Gasteiger partial charge in [-0.1, -0.05) is 60.7 Å². The maximum Gasteiger partial charge on any atom is 0.410 e. The summed E-state index contributed by atoms with van der Waals surface area (Å²) < 4.78 is 10.8. The number of ketones is 1. The summed E-state index contributed by atoms with van der Waals surface area (Å²) in [6.45, 7) is 1.41. The van der Waals surface area contributed by atoms with E-state index in [4.69, 9.17) is 9.47 Å². The fourth-order valence-electron chi connectivity index (χ4n) is 4.61. The van der Waals surface area contributed by atoms with Crippen LogP contribution in [0.15, 0.2) is 60.7 Å². The van der Waals surface area contributed by atoms with Crippen molar-refractivity contribution in [1.29, 1.82) is 0 Å². The van der Waals surface area contributed by atoms with E-state index < -0.39 is 6.09 Å². The fourth-order valence-corrected chi connectivity index (χ4v) is 4.61. The van der Waals surface area contributed by atoms with E-state index >= 15 is 0 Å². The number of ether oxygens (including phenoxy) is 2. The molecule has 7 nitrogen and oxygen atoms in total. The number of benzene rings is 2. The Labute approximate surface area is 187 Å². The largest absolute Gasteiger partial charge is 0.445 e. The Morgan fingerprint density at radius 1 is 0.906 bits per heavy atom. The predicted molar refractivity (Wildman–Crippen MR) is 118 cm³/mol. The maximum absolute atomic E-state index is 12.5. The number of rotatable bonds is 5. The van der Waals surface area contributed by atoms with Gasteiger partial charge in [0.15, 0.2) is 0 Å². The van der Waals surface area contributed by atoms with E-state index in [0.29, 0.717) is 38.8 Å². The van der Waals surface area contributed by atoms with Crippen LogP contribution >= 0.6 is 0 Å². The molecule has 2 aromatic rings. The molecule has 7 heteroatoms. The number of hydrogen-bond donors (Lipinski definition) is 1. The van der Waals surface area contributed by atoms with E-state index in [1.807, 2.05) is 60.7 Å². The second-order valence-electron chi connectivity index (χ2n) is 8.57. The Bertz CT molecular complexity index is 939. The predicted octanol–water partition coefficient (Wildman–Crippen LogP) is 4.06. The second-order valence-corrected chi connectivity index (χ2v) is 8.57. The van der Waals surface area contributed by atoms with Gasteiger partial charge in [-0.2, -0.15) is 0 Å². The number of amides is 2. The lowest BCUT2D eigenvalue weighted by molar-refractivity contribution is -0.118. The first-order valence-corrected chi connectivity index (χ1v) is 11.0. The summed E-state index contributed by atoms with van der Waals surface area (Å²) in [5.74, 6) is 0.137. The molecule has 0 unspecified atom stereocenters. The number of piperidine rings is 1. The van der Waals surface area contributed by atoms with Gasteiger partial charge in [-0.05, 0) is 24.0 Å². The highest BCUT2D eigenvalue weighted by Crippen LogP contribution is 2.45. The monoisotopic (exact) mass is 436 g/mol. The normalized spacial score (nSPS) is 19.6. The average Bonchev–Trinajstić information content (AvgIpc) is 3.11. The van der Waals surface area contributed by atoms with E-state index in [1.54, 1.807) is 4.90 Å². The van der Waals surface area contributed by atoms with Gasteiger partial charge in [0.05, 0.1) is 0 Å². The highest BCUT2D eigenvalue weighted by atomic mass is 16.6. The molecular weight excluding hydrogens is 408 g/mol. The third-order valence-corrected chi connectivity index (χ3v) is 6.45. The Morgan fingerprint density at radius 3 is 2.06 bits per heavy atom. The molecule has 168 valence electrons. The van der Waals surface area contributed by atoms with Crippen molar-refractivity contribution in [3.63, 3.8) is 0 Å². The van der Waals surface area contributed by atoms with Gasteiger partial charge in [-0.3, -0.25) is 4.79 Å². The number of Topliss-reactive ketones (excluding diaryl/α,β-unsaturated/α-hetero) is 1. The number of nitrogens with zero attached hydrogens (tertiary/aromatic N) is 1. The lowest BCUT2D eigenvalue weighted by Gasteiger charge is -2.42. The van der Waals surface area contributed by atoms with Gasteiger partial charge in [0, 0.05) is 37.4 Å². The number of alkyl carbamates (subject to hydrolysis) is 1. The third-order valence-electron chi connectivity index (χ3n) is 6.45. The molecule has 2 aromatic carbocycles. The molecule has 2 amide bonds. The molecule has 32 heavy (non-hydrogen) atoms. The number of nitrogens with one attached hydrogen (secondary N) is 1. The standard InChI is InChI=1S/C25H28N2O5/c28-21-15-22(26-23(29)31-17-19-7-3-1-4-8-19)25(16-21)11-13-27(14-12-25)24(30)32-18-20-9-5-2-6-10-20/h1-10,22H,11-18H2,(H,26,29)/t22-/m1/s1. The Balaban J connectivity index is 1.28. The van der Waals surface area contributed by atoms with Crippen molar-refractivity contribution < 1.29 is 23.9 Å². The van der Waals surface area contributed by atoms with E-state index in [-0.39, 0.29) is 36.5 Å². The van der Waals surface area contributed by atoms with E-state index in [2.05, 4.69) is 5.32 Å². The first-order valence-electron chi connectivity index (χ1n) is 11.0. The van der Waals surface area contributed by atoms with Crippen LogP contribution in [0.3, 0.4) is 0 Å². The highest BCUT2D eigenvalue weighted by Gasteiger charge is 2.49. The van der Waals surface area contributed by atoms with Crippen molar-refractivity contribution in [2.45, 2.75) is 44.9 Å². The van der Waals surface area contributed by atoms with E-state index in [0.717, 1.165) is 11.1 Å². The van der Waals surface area contributed by atoms with Crippen LogP contribution in [0, 0.1) is 5.41 Å². The summed E-state index contributed by atoms with van der Waals surface area (Å²) in [5.41, 5.74) is 1.51. The van der Waals surface area contributed by atoms with Gasteiger partial charge in [0.2, 0.25) is 0 Å². The minimum Gasteiger partial charge on any atom is -0.445 e. The number of carbonyl (C=O) groups excluding carboxylic acids is 3. The first kappa shape index (κ1) is 21.9. The number of likely N-dealkylation sites (tertiary alicyclic amines) is 1. The van der Waals surface area contributed by atoms with Crippen molar-refractivity contribution >= 4 is 18.0 Å². The van der Waals surface area contributed by atoms with Crippen LogP contribution in [0.5, 0.6) is 0 Å². The van der Waals surface area contributed by atoms with Crippen LogP contribution in [0.1, 0.15) is 36.8 Å². The summed E-state index contributed by atoms with van der Waals surface area (Å²) in [6.07, 6.45) is 1.14. The molecule has 2 aliphatic rings. The minimum absolute atomic E-state index is 0.137. The molecule has 1 aliphatic carbocycles. The van der Waals surface area contributed by atoms with E-state index in [9.17, 15) is 14.4 Å². The first-order chi connectivity index (χ1) is 15.5. The topological polar surface area (TPSA) is 84.9 Å². The summed E-state index contributed by atoms with van der Waals surface area (Å²) in [5, 5.41) is 2.91. The van der Waals surface area contributed by atoms with Crippen LogP contribution in [-0.2, 0) is 27.5 Å². The quantitative estimate of drug-likeness (QED) is 0.764. The molecule has 1 atom stereocenters. The number of carbonyl (C=O) groups is 3. The van der Waals surface area contributed by atoms with Crippen molar-refractivity contribution in [3.8, 4) is 0 Å². The lowest BCUT2D eigenvalue weighted by Crippen LogP contribution is -2.51. The molecule has 1 N–H and O–H groups in total. The summed E-state index contributed by atoms with van der Waals surface area (Å²) in [7, 11) is 0. The highest BCUT2D eigenvalue weighted by molar-refractivity contribution is 5.84. The van der Waals surface area contributed by atoms with Gasteiger partial charge in [0.25, 0.3) is 0 Å². The summed E-state index contributed by atoms with van der Waals surface area (Å²) in [6, 6.07) is 18.7. The lowest BCUT2D eigenvalue weighted by atomic mass is 9.74. The van der Waals surface area contributed by atoms with Crippen LogP contribution in [0.4, 0.5) is 9.59 Å². The Kier molecular flexibility index (Phi) is 6.73. The maximum atomic E-state index is 12.5. The molecule has 2 fully saturated rings. The number of hydrogen-bond acceptors (Lipinski definition) is 5. The molecule has 1 heterocycles. The fraction of sp³-hybridized carbons (Fsp3) is 0.400. The summed E-state index contributed by atoms with van der Waals surface area (Å²) in [4.78, 5) is 38.8. The molecule has 1 aliphatic heterocycles. The molecule has 0 radical (unpaired) electrons. The molecule has 4 rings (SSSR count). The van der Waals surface area contributed by atoms with E-state index in [1.165, 1.54) is 0 Å². The van der Waals surface area contributed by atoms with Crippen molar-refractivity contribution in [1.82, 2.24) is 10.2 Å². The second kappa shape index (κ2) is 9.85. The average molecular weight is 437 g/mol. The molecule has 0 aromatic heterocycles. The zero-order valence-electron chi connectivity index (χ0n) is 18.0. The molecule has 1 spiro atoms. The molecule has 0 bridgehead atoms. The van der Waals surface area contributed by atoms with Gasteiger partial charge in [-0.15, -0.1) is 0 Å². The Hall–Kier alpha value is -3.35. The SMILES string of the molecule is O=C1C[C@@H](NC(=O)OCc2ccccc2)C2(CCN(C(=O)OCc3ccccc3)CC2)C1. The van der Waals surface area contributed by atoms with Crippen molar-refractivity contribution in [3.05, 3.63) is 71.8 Å².